The molecule has 0 saturated carbocycles. The molecule has 0 aliphatic heterocycles. The highest BCUT2D eigenvalue weighted by atomic mass is 32.2. The van der Waals surface area contributed by atoms with Gasteiger partial charge in [-0.15, -0.1) is 0 Å². The largest absolute Gasteiger partial charge is 0.355 e. The van der Waals surface area contributed by atoms with Crippen molar-refractivity contribution in [1.29, 1.82) is 0 Å². The van der Waals surface area contributed by atoms with Crippen LogP contribution in [0.5, 0.6) is 0 Å². The first-order valence-corrected chi connectivity index (χ1v) is 9.17. The van der Waals surface area contributed by atoms with Crippen LogP contribution in [0.25, 0.3) is 11.1 Å². The van der Waals surface area contributed by atoms with Crippen molar-refractivity contribution in [3.05, 3.63) is 84.9 Å². The number of nitrogens with one attached hydrogen (secondary N) is 1. The second-order valence-electron chi connectivity index (χ2n) is 5.14. The van der Waals surface area contributed by atoms with E-state index in [0.29, 0.717) is 6.26 Å². The fourth-order valence-corrected chi connectivity index (χ4v) is 2.14. The summed E-state index contributed by atoms with van der Waals surface area (Å²) >= 11 is 0. The summed E-state index contributed by atoms with van der Waals surface area (Å²) in [6.45, 7) is 0. The quantitative estimate of drug-likeness (QED) is 0.683. The van der Waals surface area contributed by atoms with E-state index in [9.17, 15) is 8.42 Å². The van der Waals surface area contributed by atoms with Crippen molar-refractivity contribution in [2.24, 2.45) is 0 Å². The molecular formula is C19H19NO3S. The zero-order chi connectivity index (χ0) is 17.4. The summed E-state index contributed by atoms with van der Waals surface area (Å²) in [7, 11) is -3.67. The van der Waals surface area contributed by atoms with Gasteiger partial charge in [0.15, 0.2) is 0 Å². The van der Waals surface area contributed by atoms with Gasteiger partial charge in [-0.05, 0) is 23.8 Å². The van der Waals surface area contributed by atoms with Gasteiger partial charge in [-0.2, -0.15) is 8.42 Å². The summed E-state index contributed by atoms with van der Waals surface area (Å²) in [5, 5.41) is 3.47. The Kier molecular flexibility index (Phi) is 6.12. The van der Waals surface area contributed by atoms with E-state index < -0.39 is 10.1 Å². The molecule has 0 heterocycles. The maximum atomic E-state index is 9.19. The van der Waals surface area contributed by atoms with E-state index in [1.807, 2.05) is 24.3 Å². The standard InChI is InChI=1S/C18H15N.CH4O3S/c1-3-9-15(10-4-1)17-13-7-8-14-18(17)19-16-11-5-2-6-12-16;1-5(2,3)4/h1-14,19H;1H3,(H,2,3,4). The van der Waals surface area contributed by atoms with E-state index in [2.05, 4.69) is 66.0 Å². The molecule has 0 radical (unpaired) electrons. The molecule has 0 fully saturated rings. The van der Waals surface area contributed by atoms with Crippen molar-refractivity contribution in [2.75, 3.05) is 11.6 Å². The van der Waals surface area contributed by atoms with Crippen LogP contribution in [0, 0.1) is 0 Å². The molecule has 0 atom stereocenters. The van der Waals surface area contributed by atoms with Gasteiger partial charge in [-0.25, -0.2) is 0 Å². The number of anilines is 2. The lowest BCUT2D eigenvalue weighted by Gasteiger charge is -2.12. The minimum absolute atomic E-state index is 0.715. The zero-order valence-corrected chi connectivity index (χ0v) is 14.1. The summed E-state index contributed by atoms with van der Waals surface area (Å²) in [5.41, 5.74) is 4.67. The van der Waals surface area contributed by atoms with Crippen LogP contribution >= 0.6 is 0 Å². The lowest BCUT2D eigenvalue weighted by molar-refractivity contribution is 0.490. The maximum Gasteiger partial charge on any atom is 0.261 e. The first kappa shape index (κ1) is 17.7. The first-order chi connectivity index (χ1) is 11.4. The summed E-state index contributed by atoms with van der Waals surface area (Å²) in [5.74, 6) is 0. The predicted molar refractivity (Wildman–Crippen MR) is 99.1 cm³/mol. The number of rotatable bonds is 3. The van der Waals surface area contributed by atoms with E-state index in [1.165, 1.54) is 11.1 Å². The molecule has 0 aliphatic rings. The van der Waals surface area contributed by atoms with Crippen LogP contribution in [0.1, 0.15) is 0 Å². The van der Waals surface area contributed by atoms with Gasteiger partial charge in [-0.3, -0.25) is 4.55 Å². The van der Waals surface area contributed by atoms with Gasteiger partial charge in [0, 0.05) is 16.9 Å². The van der Waals surface area contributed by atoms with Gasteiger partial charge in [0.1, 0.15) is 0 Å². The number of para-hydroxylation sites is 2. The van der Waals surface area contributed by atoms with Gasteiger partial charge in [0.05, 0.1) is 6.26 Å². The van der Waals surface area contributed by atoms with Crippen LogP contribution in [0.15, 0.2) is 84.9 Å². The third-order valence-corrected chi connectivity index (χ3v) is 3.06. The Hall–Kier alpha value is -2.63. The summed E-state index contributed by atoms with van der Waals surface area (Å²) in [6.07, 6.45) is 0.715. The van der Waals surface area contributed by atoms with Gasteiger partial charge in [0.2, 0.25) is 0 Å². The monoisotopic (exact) mass is 341 g/mol. The molecule has 0 aliphatic carbocycles. The summed E-state index contributed by atoms with van der Waals surface area (Å²) in [4.78, 5) is 0. The molecule has 0 unspecified atom stereocenters. The van der Waals surface area contributed by atoms with Crippen molar-refractivity contribution in [3.8, 4) is 11.1 Å². The third kappa shape index (κ3) is 6.24. The second-order valence-corrected chi connectivity index (χ2v) is 6.60. The fraction of sp³-hybridized carbons (Fsp3) is 0.0526. The Morgan fingerprint density at radius 2 is 1.21 bits per heavy atom. The maximum absolute atomic E-state index is 9.19. The molecule has 3 aromatic rings. The van der Waals surface area contributed by atoms with Crippen molar-refractivity contribution < 1.29 is 13.0 Å². The molecule has 0 spiro atoms. The van der Waals surface area contributed by atoms with Crippen LogP contribution in [0.2, 0.25) is 0 Å². The lowest BCUT2D eigenvalue weighted by Crippen LogP contribution is -1.92. The summed E-state index contributed by atoms with van der Waals surface area (Å²) < 4.78 is 25.9. The smallest absolute Gasteiger partial charge is 0.261 e. The zero-order valence-electron chi connectivity index (χ0n) is 13.3. The van der Waals surface area contributed by atoms with E-state index in [-0.39, 0.29) is 0 Å². The molecule has 5 heteroatoms. The second kappa shape index (κ2) is 8.29. The molecule has 4 nitrogen and oxygen atoms in total. The van der Waals surface area contributed by atoms with Crippen LogP contribution < -0.4 is 5.32 Å². The molecule has 0 aromatic heterocycles. The summed E-state index contributed by atoms with van der Waals surface area (Å²) in [6, 6.07) is 29.0. The van der Waals surface area contributed by atoms with Gasteiger partial charge in [0.25, 0.3) is 10.1 Å². The van der Waals surface area contributed by atoms with E-state index >= 15 is 0 Å². The molecular weight excluding hydrogens is 322 g/mol. The minimum Gasteiger partial charge on any atom is -0.355 e. The molecule has 3 aromatic carbocycles. The number of hydrogen-bond acceptors (Lipinski definition) is 3. The normalized spacial score (nSPS) is 10.4. The van der Waals surface area contributed by atoms with Crippen LogP contribution in [0.3, 0.4) is 0 Å². The minimum atomic E-state index is -3.67. The number of hydrogen-bond donors (Lipinski definition) is 2. The predicted octanol–water partition coefficient (Wildman–Crippen LogP) is 4.60. The van der Waals surface area contributed by atoms with Gasteiger partial charge >= 0.3 is 0 Å². The van der Waals surface area contributed by atoms with Crippen LogP contribution in [-0.2, 0) is 10.1 Å². The topological polar surface area (TPSA) is 66.4 Å². The molecule has 24 heavy (non-hydrogen) atoms. The van der Waals surface area contributed by atoms with E-state index in [4.69, 9.17) is 4.55 Å². The van der Waals surface area contributed by atoms with Crippen molar-refractivity contribution in [3.63, 3.8) is 0 Å². The number of benzene rings is 3. The van der Waals surface area contributed by atoms with Gasteiger partial charge in [-0.1, -0.05) is 66.7 Å². The Bertz CT molecular complexity index is 855. The van der Waals surface area contributed by atoms with E-state index in [1.54, 1.807) is 0 Å². The molecule has 3 rings (SSSR count). The SMILES string of the molecule is CS(=O)(=O)O.c1ccc(Nc2ccccc2-c2ccccc2)cc1. The highest BCUT2D eigenvalue weighted by Crippen LogP contribution is 2.29. The third-order valence-electron chi connectivity index (χ3n) is 3.06. The Morgan fingerprint density at radius 3 is 1.79 bits per heavy atom. The Labute approximate surface area is 142 Å². The first-order valence-electron chi connectivity index (χ1n) is 7.32. The average Bonchev–Trinajstić information content (AvgIpc) is 2.56. The molecule has 0 saturated heterocycles. The Morgan fingerprint density at radius 1 is 0.750 bits per heavy atom. The van der Waals surface area contributed by atoms with Crippen molar-refractivity contribution in [2.45, 2.75) is 0 Å². The fourth-order valence-electron chi connectivity index (χ4n) is 2.14. The van der Waals surface area contributed by atoms with Crippen molar-refractivity contribution >= 4 is 21.5 Å². The van der Waals surface area contributed by atoms with Crippen LogP contribution in [-0.4, -0.2) is 19.2 Å². The molecule has 0 amide bonds. The van der Waals surface area contributed by atoms with E-state index in [0.717, 1.165) is 11.4 Å². The van der Waals surface area contributed by atoms with Gasteiger partial charge < -0.3 is 5.32 Å². The van der Waals surface area contributed by atoms with Crippen molar-refractivity contribution in [1.82, 2.24) is 0 Å². The highest BCUT2D eigenvalue weighted by molar-refractivity contribution is 7.85. The Balaban J connectivity index is 0.000000368. The molecule has 124 valence electrons. The van der Waals surface area contributed by atoms with Crippen LogP contribution in [0.4, 0.5) is 11.4 Å². The lowest BCUT2D eigenvalue weighted by atomic mass is 10.0. The highest BCUT2D eigenvalue weighted by Gasteiger charge is 2.03. The molecule has 2 N–H and O–H groups in total. The molecule has 0 bridgehead atoms. The average molecular weight is 341 g/mol.